The molecule has 7 heteroatoms. The first kappa shape index (κ1) is 20.8. The monoisotopic (exact) mass is 379 g/mol. The van der Waals surface area contributed by atoms with Crippen molar-refractivity contribution in [3.8, 4) is 0 Å². The van der Waals surface area contributed by atoms with Crippen molar-refractivity contribution >= 4 is 29.0 Å². The first-order valence-corrected chi connectivity index (χ1v) is 9.04. The van der Waals surface area contributed by atoms with Crippen LogP contribution in [0.1, 0.15) is 42.4 Å². The fourth-order valence-corrected chi connectivity index (χ4v) is 2.68. The van der Waals surface area contributed by atoms with Gasteiger partial charge in [-0.3, -0.25) is 20.4 Å². The third-order valence-corrected chi connectivity index (χ3v) is 4.26. The molecule has 0 unspecified atom stereocenters. The van der Waals surface area contributed by atoms with Crippen LogP contribution in [0.3, 0.4) is 0 Å². The highest BCUT2D eigenvalue weighted by Crippen LogP contribution is 2.12. The van der Waals surface area contributed by atoms with Gasteiger partial charge in [0.2, 0.25) is 5.91 Å². The van der Waals surface area contributed by atoms with Crippen LogP contribution in [0.2, 0.25) is 0 Å². The molecule has 0 spiro atoms. The lowest BCUT2D eigenvalue weighted by Gasteiger charge is -2.06. The SMILES string of the molecule is N=C(N)c1ccc(CC(=O)CCCCC(=O)Nc2ccc(C(=N)N)cc2)cc1. The summed E-state index contributed by atoms with van der Waals surface area (Å²) < 4.78 is 0. The van der Waals surface area contributed by atoms with Gasteiger partial charge in [0.15, 0.2) is 0 Å². The first-order chi connectivity index (χ1) is 13.3. The molecular weight excluding hydrogens is 354 g/mol. The molecule has 7 N–H and O–H groups in total. The van der Waals surface area contributed by atoms with E-state index >= 15 is 0 Å². The normalized spacial score (nSPS) is 10.3. The lowest BCUT2D eigenvalue weighted by Crippen LogP contribution is -2.13. The van der Waals surface area contributed by atoms with E-state index in [1.54, 1.807) is 48.5 Å². The number of anilines is 1. The Morgan fingerprint density at radius 3 is 1.82 bits per heavy atom. The van der Waals surface area contributed by atoms with Crippen LogP contribution in [-0.4, -0.2) is 23.4 Å². The van der Waals surface area contributed by atoms with Crippen LogP contribution in [0.4, 0.5) is 5.69 Å². The maximum Gasteiger partial charge on any atom is 0.224 e. The average molecular weight is 379 g/mol. The zero-order chi connectivity index (χ0) is 20.5. The summed E-state index contributed by atoms with van der Waals surface area (Å²) >= 11 is 0. The molecule has 0 aromatic heterocycles. The standard InChI is InChI=1S/C21H25N5O2/c22-20(23)15-7-5-14(6-8-15)13-18(27)3-1-2-4-19(28)26-17-11-9-16(10-12-17)21(24)25/h5-12H,1-4,13H2,(H3,22,23)(H3,24,25)(H,26,28). The van der Waals surface area contributed by atoms with Crippen molar-refractivity contribution in [3.63, 3.8) is 0 Å². The zero-order valence-electron chi connectivity index (χ0n) is 15.6. The molecule has 7 nitrogen and oxygen atoms in total. The Bertz CT molecular complexity index is 784. The molecule has 0 saturated carbocycles. The summed E-state index contributed by atoms with van der Waals surface area (Å²) in [6.07, 6.45) is 2.39. The Morgan fingerprint density at radius 1 is 0.786 bits per heavy atom. The van der Waals surface area contributed by atoms with E-state index in [2.05, 4.69) is 5.32 Å². The maximum absolute atomic E-state index is 12.1. The lowest BCUT2D eigenvalue weighted by atomic mass is 10.0. The summed E-state index contributed by atoms with van der Waals surface area (Å²) in [5, 5.41) is 17.5. The van der Waals surface area contributed by atoms with Crippen LogP contribution < -0.4 is 16.8 Å². The second-order valence-electron chi connectivity index (χ2n) is 6.57. The fraction of sp³-hybridized carbons (Fsp3) is 0.238. The number of amidine groups is 2. The summed E-state index contributed by atoms with van der Waals surface area (Å²) in [6, 6.07) is 13.8. The van der Waals surface area contributed by atoms with Gasteiger partial charge in [0.1, 0.15) is 17.5 Å². The third-order valence-electron chi connectivity index (χ3n) is 4.26. The molecule has 0 saturated heterocycles. The number of Topliss-reactive ketones (excluding diaryl/α,β-unsaturated/α-hetero) is 1. The number of nitrogens with one attached hydrogen (secondary N) is 3. The fourth-order valence-electron chi connectivity index (χ4n) is 2.68. The van der Waals surface area contributed by atoms with Gasteiger partial charge in [-0.05, 0) is 42.7 Å². The smallest absolute Gasteiger partial charge is 0.224 e. The van der Waals surface area contributed by atoms with Crippen molar-refractivity contribution in [2.75, 3.05) is 5.32 Å². The number of ketones is 1. The first-order valence-electron chi connectivity index (χ1n) is 9.04. The number of rotatable bonds is 10. The van der Waals surface area contributed by atoms with Gasteiger partial charge in [0.25, 0.3) is 0 Å². The largest absolute Gasteiger partial charge is 0.384 e. The molecule has 0 bridgehead atoms. The second-order valence-corrected chi connectivity index (χ2v) is 6.57. The van der Waals surface area contributed by atoms with Gasteiger partial charge in [-0.2, -0.15) is 0 Å². The van der Waals surface area contributed by atoms with Gasteiger partial charge in [-0.25, -0.2) is 0 Å². The van der Waals surface area contributed by atoms with E-state index < -0.39 is 0 Å². The van der Waals surface area contributed by atoms with Crippen molar-refractivity contribution in [3.05, 3.63) is 65.2 Å². The average Bonchev–Trinajstić information content (AvgIpc) is 2.66. The van der Waals surface area contributed by atoms with Gasteiger partial charge >= 0.3 is 0 Å². The molecule has 0 aliphatic carbocycles. The number of nitrogens with two attached hydrogens (primary N) is 2. The summed E-state index contributed by atoms with van der Waals surface area (Å²) in [5.41, 5.74) is 13.6. The second kappa shape index (κ2) is 10.0. The van der Waals surface area contributed by atoms with E-state index in [4.69, 9.17) is 22.3 Å². The van der Waals surface area contributed by atoms with Crippen molar-refractivity contribution < 1.29 is 9.59 Å². The molecule has 2 rings (SSSR count). The van der Waals surface area contributed by atoms with Gasteiger partial charge in [-0.1, -0.05) is 24.3 Å². The molecule has 0 aliphatic rings. The zero-order valence-corrected chi connectivity index (χ0v) is 15.6. The quantitative estimate of drug-likeness (QED) is 0.245. The summed E-state index contributed by atoms with van der Waals surface area (Å²) in [7, 11) is 0. The van der Waals surface area contributed by atoms with Crippen LogP contribution in [-0.2, 0) is 16.0 Å². The summed E-state index contributed by atoms with van der Waals surface area (Å²) in [4.78, 5) is 24.0. The Morgan fingerprint density at radius 2 is 1.29 bits per heavy atom. The summed E-state index contributed by atoms with van der Waals surface area (Å²) in [5.74, 6) is 0.00179. The van der Waals surface area contributed by atoms with Crippen molar-refractivity contribution in [2.45, 2.75) is 32.1 Å². The molecule has 146 valence electrons. The van der Waals surface area contributed by atoms with Crippen molar-refractivity contribution in [2.24, 2.45) is 11.5 Å². The van der Waals surface area contributed by atoms with E-state index in [0.717, 1.165) is 5.56 Å². The highest BCUT2D eigenvalue weighted by Gasteiger charge is 2.07. The number of carbonyl (C=O) groups excluding carboxylic acids is 2. The van der Waals surface area contributed by atoms with Gasteiger partial charge < -0.3 is 16.8 Å². The van der Waals surface area contributed by atoms with E-state index in [1.165, 1.54) is 0 Å². The van der Waals surface area contributed by atoms with Gasteiger partial charge in [0.05, 0.1) is 0 Å². The number of benzene rings is 2. The van der Waals surface area contributed by atoms with Crippen LogP contribution in [0.5, 0.6) is 0 Å². The predicted octanol–water partition coefficient (Wildman–Crippen LogP) is 2.57. The minimum absolute atomic E-state index is 0.00551. The Kier molecular flexibility index (Phi) is 7.45. The number of unbranched alkanes of at least 4 members (excludes halogenated alkanes) is 1. The number of hydrogen-bond donors (Lipinski definition) is 5. The molecule has 0 radical (unpaired) electrons. The third kappa shape index (κ3) is 6.68. The van der Waals surface area contributed by atoms with Gasteiger partial charge in [0, 0.05) is 36.1 Å². The van der Waals surface area contributed by atoms with E-state index in [9.17, 15) is 9.59 Å². The van der Waals surface area contributed by atoms with Crippen molar-refractivity contribution in [1.29, 1.82) is 10.8 Å². The lowest BCUT2D eigenvalue weighted by molar-refractivity contribution is -0.119. The number of hydrogen-bond acceptors (Lipinski definition) is 4. The molecule has 0 heterocycles. The molecule has 2 aromatic rings. The van der Waals surface area contributed by atoms with Crippen LogP contribution in [0.15, 0.2) is 48.5 Å². The van der Waals surface area contributed by atoms with E-state index in [1.807, 2.05) is 0 Å². The Hall–Kier alpha value is -3.48. The Balaban J connectivity index is 1.67. The van der Waals surface area contributed by atoms with E-state index in [-0.39, 0.29) is 23.4 Å². The topological polar surface area (TPSA) is 146 Å². The highest BCUT2D eigenvalue weighted by molar-refractivity contribution is 5.96. The number of nitrogen functional groups attached to an aromatic ring is 2. The minimum atomic E-state index is -0.108. The number of amides is 1. The van der Waals surface area contributed by atoms with Crippen LogP contribution in [0.25, 0.3) is 0 Å². The highest BCUT2D eigenvalue weighted by atomic mass is 16.1. The molecule has 2 aromatic carbocycles. The maximum atomic E-state index is 12.1. The molecule has 28 heavy (non-hydrogen) atoms. The van der Waals surface area contributed by atoms with E-state index in [0.29, 0.717) is 48.9 Å². The summed E-state index contributed by atoms with van der Waals surface area (Å²) in [6.45, 7) is 0. The molecule has 0 aliphatic heterocycles. The van der Waals surface area contributed by atoms with Crippen LogP contribution in [0, 0.1) is 10.8 Å². The predicted molar refractivity (Wildman–Crippen MR) is 111 cm³/mol. The molecular formula is C21H25N5O2. The molecule has 0 fully saturated rings. The Labute approximate surface area is 164 Å². The van der Waals surface area contributed by atoms with Gasteiger partial charge in [-0.15, -0.1) is 0 Å². The molecule has 1 amide bonds. The number of carbonyl (C=O) groups is 2. The minimum Gasteiger partial charge on any atom is -0.384 e. The molecule has 0 atom stereocenters. The van der Waals surface area contributed by atoms with Crippen molar-refractivity contribution in [1.82, 2.24) is 0 Å². The van der Waals surface area contributed by atoms with Crippen LogP contribution >= 0.6 is 0 Å².